The van der Waals surface area contributed by atoms with Crippen molar-refractivity contribution in [2.75, 3.05) is 4.90 Å². The molecule has 9 rings (SSSR count). The first-order valence-electron chi connectivity index (χ1n) is 16.5. The number of rotatable bonds is 4. The van der Waals surface area contributed by atoms with Gasteiger partial charge in [0.2, 0.25) is 0 Å². The second-order valence-corrected chi connectivity index (χ2v) is 13.5. The lowest BCUT2D eigenvalue weighted by molar-refractivity contribution is 0.660. The minimum absolute atomic E-state index is 0.0785. The van der Waals surface area contributed by atoms with Crippen LogP contribution in [0.3, 0.4) is 0 Å². The highest BCUT2D eigenvalue weighted by molar-refractivity contribution is 6.15. The highest BCUT2D eigenvalue weighted by Crippen LogP contribution is 2.51. The van der Waals surface area contributed by atoms with Crippen LogP contribution in [0.4, 0.5) is 17.1 Å². The summed E-state index contributed by atoms with van der Waals surface area (Å²) < 4.78 is 0. The Morgan fingerprint density at radius 2 is 1.11 bits per heavy atom. The van der Waals surface area contributed by atoms with Crippen LogP contribution < -0.4 is 4.90 Å². The lowest BCUT2D eigenvalue weighted by Crippen LogP contribution is -2.17. The van der Waals surface area contributed by atoms with Crippen LogP contribution in [0.15, 0.2) is 158 Å². The molecule has 0 unspecified atom stereocenters. The summed E-state index contributed by atoms with van der Waals surface area (Å²) in [6, 6.07) is 58.4. The zero-order valence-corrected chi connectivity index (χ0v) is 27.0. The lowest BCUT2D eigenvalue weighted by Gasteiger charge is -2.29. The molecule has 0 aliphatic heterocycles. The van der Waals surface area contributed by atoms with E-state index in [1.807, 2.05) is 0 Å². The summed E-state index contributed by atoms with van der Waals surface area (Å²) >= 11 is 0. The van der Waals surface area contributed by atoms with Gasteiger partial charge in [-0.25, -0.2) is 0 Å². The molecular formula is C46H35N. The Kier molecular flexibility index (Phi) is 6.14. The van der Waals surface area contributed by atoms with Crippen molar-refractivity contribution >= 4 is 49.4 Å². The van der Waals surface area contributed by atoms with E-state index in [2.05, 4.69) is 183 Å². The van der Waals surface area contributed by atoms with Crippen LogP contribution in [0, 0.1) is 6.92 Å². The Labute approximate surface area is 276 Å². The van der Waals surface area contributed by atoms with E-state index < -0.39 is 0 Å². The SMILES string of the molecule is Cc1ccccc1N(c1ccc2c(c1)C(C)(C)c1ccccc1-2)c1ccc2c(c1)c(-c1ccc3ccccc3c1)cc1ccccc12. The molecule has 1 heteroatoms. The summed E-state index contributed by atoms with van der Waals surface area (Å²) in [4.78, 5) is 2.45. The maximum Gasteiger partial charge on any atom is 0.0490 e. The zero-order chi connectivity index (χ0) is 31.7. The molecule has 0 amide bonds. The monoisotopic (exact) mass is 601 g/mol. The fraction of sp³-hybridized carbons (Fsp3) is 0.0870. The molecule has 224 valence electrons. The Balaban J connectivity index is 1.30. The number of anilines is 3. The number of aryl methyl sites for hydroxylation is 1. The topological polar surface area (TPSA) is 3.24 Å². The van der Waals surface area contributed by atoms with Gasteiger partial charge in [0, 0.05) is 22.5 Å². The van der Waals surface area contributed by atoms with Crippen molar-refractivity contribution in [3.8, 4) is 22.3 Å². The van der Waals surface area contributed by atoms with E-state index in [0.717, 1.165) is 5.69 Å². The van der Waals surface area contributed by atoms with Crippen LogP contribution in [0.5, 0.6) is 0 Å². The van der Waals surface area contributed by atoms with Crippen molar-refractivity contribution in [2.24, 2.45) is 0 Å². The first-order chi connectivity index (χ1) is 23.0. The molecule has 0 N–H and O–H groups in total. The standard InChI is InChI=1S/C46H35N/c1-30-12-4-11-19-45(30)47(36-23-25-40-39-17-9-10-18-43(39)46(2,3)44(40)29-36)35-22-24-38-37-16-8-7-15-33(37)27-41(42(38)28-35)34-21-20-31-13-5-6-14-32(31)26-34/h4-29H,1-3H3. The van der Waals surface area contributed by atoms with E-state index in [-0.39, 0.29) is 5.41 Å². The molecule has 1 aliphatic rings. The molecule has 0 spiro atoms. The van der Waals surface area contributed by atoms with Crippen LogP contribution in [-0.2, 0) is 5.41 Å². The summed E-state index contributed by atoms with van der Waals surface area (Å²) in [5.41, 5.74) is 12.6. The van der Waals surface area contributed by atoms with Crippen LogP contribution in [0.25, 0.3) is 54.6 Å². The van der Waals surface area contributed by atoms with Crippen LogP contribution in [0.2, 0.25) is 0 Å². The Hall–Kier alpha value is -5.66. The third-order valence-corrected chi connectivity index (χ3v) is 10.3. The Morgan fingerprint density at radius 1 is 0.426 bits per heavy atom. The van der Waals surface area contributed by atoms with Gasteiger partial charge in [-0.2, -0.15) is 0 Å². The predicted molar refractivity (Wildman–Crippen MR) is 201 cm³/mol. The first-order valence-corrected chi connectivity index (χ1v) is 16.5. The van der Waals surface area contributed by atoms with Crippen molar-refractivity contribution < 1.29 is 0 Å². The molecule has 47 heavy (non-hydrogen) atoms. The molecule has 0 bridgehead atoms. The number of hydrogen-bond donors (Lipinski definition) is 0. The van der Waals surface area contributed by atoms with E-state index >= 15 is 0 Å². The van der Waals surface area contributed by atoms with Crippen molar-refractivity contribution in [1.29, 1.82) is 0 Å². The molecule has 0 aromatic heterocycles. The van der Waals surface area contributed by atoms with Gasteiger partial charge in [0.1, 0.15) is 0 Å². The number of hydrogen-bond acceptors (Lipinski definition) is 1. The van der Waals surface area contributed by atoms with E-state index in [0.29, 0.717) is 0 Å². The summed E-state index contributed by atoms with van der Waals surface area (Å²) in [7, 11) is 0. The molecular weight excluding hydrogens is 567 g/mol. The zero-order valence-electron chi connectivity index (χ0n) is 27.0. The van der Waals surface area contributed by atoms with Gasteiger partial charge in [0.25, 0.3) is 0 Å². The fourth-order valence-electron chi connectivity index (χ4n) is 7.90. The highest BCUT2D eigenvalue weighted by atomic mass is 15.1. The number of para-hydroxylation sites is 1. The van der Waals surface area contributed by atoms with Gasteiger partial charge in [-0.05, 0) is 121 Å². The molecule has 0 saturated heterocycles. The minimum Gasteiger partial charge on any atom is -0.310 e. The molecule has 1 aliphatic carbocycles. The van der Waals surface area contributed by atoms with E-state index in [4.69, 9.17) is 0 Å². The van der Waals surface area contributed by atoms with Gasteiger partial charge >= 0.3 is 0 Å². The summed E-state index contributed by atoms with van der Waals surface area (Å²) in [5, 5.41) is 7.57. The van der Waals surface area contributed by atoms with E-state index in [9.17, 15) is 0 Å². The van der Waals surface area contributed by atoms with Gasteiger partial charge in [-0.15, -0.1) is 0 Å². The second-order valence-electron chi connectivity index (χ2n) is 13.5. The molecule has 0 saturated carbocycles. The quantitative estimate of drug-likeness (QED) is 0.181. The maximum absolute atomic E-state index is 2.45. The normalized spacial score (nSPS) is 13.2. The highest BCUT2D eigenvalue weighted by Gasteiger charge is 2.35. The summed E-state index contributed by atoms with van der Waals surface area (Å²) in [6.07, 6.45) is 0. The predicted octanol–water partition coefficient (Wildman–Crippen LogP) is 12.9. The van der Waals surface area contributed by atoms with Gasteiger partial charge in [0.15, 0.2) is 0 Å². The van der Waals surface area contributed by atoms with E-state index in [1.165, 1.54) is 82.6 Å². The minimum atomic E-state index is -0.0785. The van der Waals surface area contributed by atoms with Gasteiger partial charge < -0.3 is 4.90 Å². The van der Waals surface area contributed by atoms with Crippen molar-refractivity contribution in [2.45, 2.75) is 26.2 Å². The van der Waals surface area contributed by atoms with E-state index in [1.54, 1.807) is 0 Å². The molecule has 8 aromatic carbocycles. The number of fused-ring (bicyclic) bond motifs is 7. The third kappa shape index (κ3) is 4.31. The van der Waals surface area contributed by atoms with Gasteiger partial charge in [0.05, 0.1) is 0 Å². The fourth-order valence-corrected chi connectivity index (χ4v) is 7.90. The molecule has 8 aromatic rings. The van der Waals surface area contributed by atoms with Crippen LogP contribution in [-0.4, -0.2) is 0 Å². The Bertz CT molecular complexity index is 2520. The first kappa shape index (κ1) is 27.6. The molecule has 0 radical (unpaired) electrons. The smallest absolute Gasteiger partial charge is 0.0490 e. The molecule has 0 fully saturated rings. The summed E-state index contributed by atoms with van der Waals surface area (Å²) in [5.74, 6) is 0. The maximum atomic E-state index is 2.45. The molecule has 0 heterocycles. The second kappa shape index (κ2) is 10.4. The molecule has 1 nitrogen and oxygen atoms in total. The third-order valence-electron chi connectivity index (χ3n) is 10.3. The van der Waals surface area contributed by atoms with Crippen molar-refractivity contribution in [1.82, 2.24) is 0 Å². The van der Waals surface area contributed by atoms with Crippen molar-refractivity contribution in [3.63, 3.8) is 0 Å². The molecule has 0 atom stereocenters. The summed E-state index contributed by atoms with van der Waals surface area (Å²) in [6.45, 7) is 6.93. The van der Waals surface area contributed by atoms with Crippen molar-refractivity contribution in [3.05, 3.63) is 174 Å². The lowest BCUT2D eigenvalue weighted by atomic mass is 9.82. The van der Waals surface area contributed by atoms with Gasteiger partial charge in [-0.1, -0.05) is 129 Å². The number of nitrogens with zero attached hydrogens (tertiary/aromatic N) is 1. The Morgan fingerprint density at radius 3 is 1.98 bits per heavy atom. The number of benzene rings is 8. The largest absolute Gasteiger partial charge is 0.310 e. The van der Waals surface area contributed by atoms with Crippen LogP contribution in [0.1, 0.15) is 30.5 Å². The van der Waals surface area contributed by atoms with Gasteiger partial charge in [-0.3, -0.25) is 0 Å². The average molecular weight is 602 g/mol. The van der Waals surface area contributed by atoms with Crippen LogP contribution >= 0.6 is 0 Å². The average Bonchev–Trinajstić information content (AvgIpc) is 3.34.